The maximum atomic E-state index is 11.6. The molecule has 0 spiro atoms. The molecule has 0 radical (unpaired) electrons. The number of carbonyl (C=O) groups excluding carboxylic acids is 2. The van der Waals surface area contributed by atoms with Crippen molar-refractivity contribution in [1.29, 1.82) is 0 Å². The minimum Gasteiger partial charge on any atom is -0.345 e. The van der Waals surface area contributed by atoms with Crippen LogP contribution in [0.1, 0.15) is 29.3 Å². The summed E-state index contributed by atoms with van der Waals surface area (Å²) < 4.78 is 0. The largest absolute Gasteiger partial charge is 0.345 e. The van der Waals surface area contributed by atoms with Crippen molar-refractivity contribution < 1.29 is 9.59 Å². The molecule has 0 fully saturated rings. The summed E-state index contributed by atoms with van der Waals surface area (Å²) in [7, 11) is 3.46. The predicted molar refractivity (Wildman–Crippen MR) is 63.5 cm³/mol. The van der Waals surface area contributed by atoms with Gasteiger partial charge in [0.05, 0.1) is 0 Å². The van der Waals surface area contributed by atoms with Gasteiger partial charge >= 0.3 is 0 Å². The zero-order valence-electron chi connectivity index (χ0n) is 9.99. The molecule has 0 aliphatic carbocycles. The number of hydrogen-bond acceptors (Lipinski definition) is 2. The van der Waals surface area contributed by atoms with Gasteiger partial charge in [-0.05, 0) is 31.0 Å². The van der Waals surface area contributed by atoms with Gasteiger partial charge in [-0.15, -0.1) is 0 Å². The van der Waals surface area contributed by atoms with Crippen molar-refractivity contribution in [3.63, 3.8) is 0 Å². The number of rotatable bonds is 4. The van der Waals surface area contributed by atoms with E-state index in [1.165, 1.54) is 0 Å². The summed E-state index contributed by atoms with van der Waals surface area (Å²) >= 11 is 0. The van der Waals surface area contributed by atoms with Gasteiger partial charge in [0.25, 0.3) is 5.91 Å². The van der Waals surface area contributed by atoms with Gasteiger partial charge in [0.1, 0.15) is 5.78 Å². The van der Waals surface area contributed by atoms with E-state index >= 15 is 0 Å². The molecule has 0 atom stereocenters. The third kappa shape index (κ3) is 3.50. The van der Waals surface area contributed by atoms with E-state index in [4.69, 9.17) is 0 Å². The van der Waals surface area contributed by atoms with Gasteiger partial charge in [0.15, 0.2) is 0 Å². The van der Waals surface area contributed by atoms with E-state index in [2.05, 4.69) is 0 Å². The first kappa shape index (κ1) is 12.4. The van der Waals surface area contributed by atoms with Crippen molar-refractivity contribution in [2.75, 3.05) is 14.1 Å². The standard InChI is InChI=1S/C13H17NO2/c1-10(15)4-5-11-6-8-12(9-7-11)13(16)14(2)3/h6-9H,4-5H2,1-3H3. The highest BCUT2D eigenvalue weighted by Crippen LogP contribution is 2.08. The summed E-state index contributed by atoms with van der Waals surface area (Å²) in [5.74, 6) is 0.187. The molecule has 0 aliphatic rings. The topological polar surface area (TPSA) is 37.4 Å². The zero-order chi connectivity index (χ0) is 12.1. The summed E-state index contributed by atoms with van der Waals surface area (Å²) in [6, 6.07) is 7.41. The quantitative estimate of drug-likeness (QED) is 0.775. The van der Waals surface area contributed by atoms with Crippen LogP contribution in [0.25, 0.3) is 0 Å². The summed E-state index contributed by atoms with van der Waals surface area (Å²) in [6.45, 7) is 1.59. The van der Waals surface area contributed by atoms with Gasteiger partial charge in [-0.2, -0.15) is 0 Å². The number of aryl methyl sites for hydroxylation is 1. The van der Waals surface area contributed by atoms with Gasteiger partial charge in [-0.3, -0.25) is 4.79 Å². The van der Waals surface area contributed by atoms with Gasteiger partial charge in [0.2, 0.25) is 0 Å². The van der Waals surface area contributed by atoms with Crippen molar-refractivity contribution in [2.45, 2.75) is 19.8 Å². The fourth-order valence-corrected chi connectivity index (χ4v) is 1.39. The van der Waals surface area contributed by atoms with Crippen LogP contribution in [0.3, 0.4) is 0 Å². The highest BCUT2D eigenvalue weighted by molar-refractivity contribution is 5.93. The van der Waals surface area contributed by atoms with Gasteiger partial charge < -0.3 is 9.69 Å². The van der Waals surface area contributed by atoms with E-state index in [0.717, 1.165) is 12.0 Å². The Morgan fingerprint density at radius 1 is 1.12 bits per heavy atom. The fourth-order valence-electron chi connectivity index (χ4n) is 1.39. The number of nitrogens with zero attached hydrogens (tertiary/aromatic N) is 1. The van der Waals surface area contributed by atoms with Crippen LogP contribution < -0.4 is 0 Å². The summed E-state index contributed by atoms with van der Waals surface area (Å²) in [6.07, 6.45) is 1.30. The number of hydrogen-bond donors (Lipinski definition) is 0. The highest BCUT2D eigenvalue weighted by atomic mass is 16.2. The fraction of sp³-hybridized carbons (Fsp3) is 0.385. The first-order valence-electron chi connectivity index (χ1n) is 5.30. The van der Waals surface area contributed by atoms with E-state index in [9.17, 15) is 9.59 Å². The first-order chi connectivity index (χ1) is 7.50. The molecule has 0 aliphatic heterocycles. The van der Waals surface area contributed by atoms with E-state index < -0.39 is 0 Å². The Hall–Kier alpha value is -1.64. The molecule has 0 unspecified atom stereocenters. The highest BCUT2D eigenvalue weighted by Gasteiger charge is 2.07. The first-order valence-corrected chi connectivity index (χ1v) is 5.30. The SMILES string of the molecule is CC(=O)CCc1ccc(C(=O)N(C)C)cc1. The average Bonchev–Trinajstić information content (AvgIpc) is 2.26. The Bertz CT molecular complexity index is 379. The molecule has 1 aromatic carbocycles. The predicted octanol–water partition coefficient (Wildman–Crippen LogP) is 1.91. The van der Waals surface area contributed by atoms with Crippen LogP contribution in [-0.2, 0) is 11.2 Å². The van der Waals surface area contributed by atoms with Crippen LogP contribution in [0.2, 0.25) is 0 Å². The molecule has 0 bridgehead atoms. The Morgan fingerprint density at radius 3 is 2.12 bits per heavy atom. The summed E-state index contributed by atoms with van der Waals surface area (Å²) in [5.41, 5.74) is 1.77. The number of benzene rings is 1. The molecule has 1 aromatic rings. The molecular weight excluding hydrogens is 202 g/mol. The molecule has 0 heterocycles. The maximum absolute atomic E-state index is 11.6. The monoisotopic (exact) mass is 219 g/mol. The van der Waals surface area contributed by atoms with Crippen LogP contribution in [-0.4, -0.2) is 30.7 Å². The number of amides is 1. The molecule has 3 nitrogen and oxygen atoms in total. The second kappa shape index (κ2) is 5.45. The summed E-state index contributed by atoms with van der Waals surface area (Å²) in [5, 5.41) is 0. The lowest BCUT2D eigenvalue weighted by molar-refractivity contribution is -0.116. The zero-order valence-corrected chi connectivity index (χ0v) is 9.99. The Morgan fingerprint density at radius 2 is 1.69 bits per heavy atom. The molecule has 86 valence electrons. The van der Waals surface area contributed by atoms with Crippen LogP contribution >= 0.6 is 0 Å². The molecular formula is C13H17NO2. The van der Waals surface area contributed by atoms with E-state index in [1.807, 2.05) is 12.1 Å². The minimum atomic E-state index is -0.00174. The summed E-state index contributed by atoms with van der Waals surface area (Å²) in [4.78, 5) is 24.0. The maximum Gasteiger partial charge on any atom is 0.253 e. The Labute approximate surface area is 96.1 Å². The molecule has 0 saturated heterocycles. The van der Waals surface area contributed by atoms with E-state index in [0.29, 0.717) is 12.0 Å². The molecule has 16 heavy (non-hydrogen) atoms. The molecule has 0 saturated carbocycles. The van der Waals surface area contributed by atoms with Gasteiger partial charge in [0, 0.05) is 26.1 Å². The molecule has 1 amide bonds. The third-order valence-electron chi connectivity index (χ3n) is 2.37. The normalized spacial score (nSPS) is 9.94. The Kier molecular flexibility index (Phi) is 4.23. The van der Waals surface area contributed by atoms with Crippen molar-refractivity contribution in [2.24, 2.45) is 0 Å². The molecule has 3 heteroatoms. The van der Waals surface area contributed by atoms with E-state index in [-0.39, 0.29) is 11.7 Å². The average molecular weight is 219 g/mol. The third-order valence-corrected chi connectivity index (χ3v) is 2.37. The van der Waals surface area contributed by atoms with Gasteiger partial charge in [-0.1, -0.05) is 12.1 Å². The lowest BCUT2D eigenvalue weighted by Crippen LogP contribution is -2.21. The van der Waals surface area contributed by atoms with E-state index in [1.54, 1.807) is 38.1 Å². The number of ketones is 1. The number of carbonyl (C=O) groups is 2. The number of Topliss-reactive ketones (excluding diaryl/α,β-unsaturated/α-hetero) is 1. The van der Waals surface area contributed by atoms with Crippen molar-refractivity contribution >= 4 is 11.7 Å². The van der Waals surface area contributed by atoms with Gasteiger partial charge in [-0.25, -0.2) is 0 Å². The Balaban J connectivity index is 2.68. The van der Waals surface area contributed by atoms with Crippen molar-refractivity contribution in [1.82, 2.24) is 4.90 Å². The van der Waals surface area contributed by atoms with Crippen LogP contribution in [0.15, 0.2) is 24.3 Å². The van der Waals surface area contributed by atoms with Crippen molar-refractivity contribution in [3.8, 4) is 0 Å². The smallest absolute Gasteiger partial charge is 0.253 e. The van der Waals surface area contributed by atoms with Crippen LogP contribution in [0.4, 0.5) is 0 Å². The lowest BCUT2D eigenvalue weighted by atomic mass is 10.1. The molecule has 1 rings (SSSR count). The second-order valence-electron chi connectivity index (χ2n) is 4.10. The van der Waals surface area contributed by atoms with Crippen LogP contribution in [0.5, 0.6) is 0 Å². The van der Waals surface area contributed by atoms with Crippen molar-refractivity contribution in [3.05, 3.63) is 35.4 Å². The molecule has 0 N–H and O–H groups in total. The lowest BCUT2D eigenvalue weighted by Gasteiger charge is -2.10. The molecule has 0 aromatic heterocycles. The van der Waals surface area contributed by atoms with Crippen LogP contribution in [0, 0.1) is 0 Å². The minimum absolute atomic E-state index is 0.00174. The second-order valence-corrected chi connectivity index (χ2v) is 4.10.